The Kier molecular flexibility index (Phi) is 8.19. The van der Waals surface area contributed by atoms with Crippen molar-refractivity contribution in [3.05, 3.63) is 59.6 Å². The summed E-state index contributed by atoms with van der Waals surface area (Å²) >= 11 is 5.74. The van der Waals surface area contributed by atoms with E-state index in [-0.39, 0.29) is 22.5 Å². The summed E-state index contributed by atoms with van der Waals surface area (Å²) in [6.45, 7) is 11.2. The SMILES string of the molecule is CC(C)(C)[Si](C)(C)OC[C@H](Cn1ccc(-c2cccc(Oc3ncc(Cl)cc3F)c2)n1)NC(=O)O. The third kappa shape index (κ3) is 7.27. The first-order valence-electron chi connectivity index (χ1n) is 11.1. The molecule has 0 aliphatic rings. The van der Waals surface area contributed by atoms with Crippen LogP contribution >= 0.6 is 11.6 Å². The third-order valence-electron chi connectivity index (χ3n) is 5.95. The van der Waals surface area contributed by atoms with Gasteiger partial charge in [0.05, 0.1) is 29.9 Å². The van der Waals surface area contributed by atoms with Crippen LogP contribution < -0.4 is 10.1 Å². The van der Waals surface area contributed by atoms with Gasteiger partial charge in [0.1, 0.15) is 5.75 Å². The second-order valence-corrected chi connectivity index (χ2v) is 15.0. The molecule has 35 heavy (non-hydrogen) atoms. The van der Waals surface area contributed by atoms with Crippen LogP contribution in [0.5, 0.6) is 11.6 Å². The van der Waals surface area contributed by atoms with Gasteiger partial charge in [0.25, 0.3) is 5.88 Å². The molecule has 8 nitrogen and oxygen atoms in total. The van der Waals surface area contributed by atoms with E-state index in [2.05, 4.69) is 49.3 Å². The van der Waals surface area contributed by atoms with Gasteiger partial charge in [-0.3, -0.25) is 4.68 Å². The molecule has 0 fully saturated rings. The molecule has 3 rings (SSSR count). The molecule has 0 saturated carbocycles. The van der Waals surface area contributed by atoms with E-state index in [1.54, 1.807) is 29.1 Å². The highest BCUT2D eigenvalue weighted by Gasteiger charge is 2.37. The standard InChI is InChI=1S/C24H30ClFN4O4Si/c1-24(2,3)35(4,5)33-15-18(28-23(31)32)14-30-10-9-21(29-30)16-7-6-8-19(11-16)34-22-20(26)12-17(25)13-27-22/h6-13,18,28H,14-15H2,1-5H3,(H,31,32)/t18-/m0/s1. The fourth-order valence-corrected chi connectivity index (χ4v) is 4.19. The van der Waals surface area contributed by atoms with Crippen LogP contribution in [-0.2, 0) is 11.0 Å². The molecule has 0 aliphatic heterocycles. The molecule has 2 heterocycles. The normalized spacial score (nSPS) is 12.9. The van der Waals surface area contributed by atoms with Gasteiger partial charge in [0, 0.05) is 18.0 Å². The first kappa shape index (κ1) is 26.6. The van der Waals surface area contributed by atoms with Crippen molar-refractivity contribution in [2.75, 3.05) is 6.61 Å². The Hall–Kier alpha value is -2.95. The van der Waals surface area contributed by atoms with Gasteiger partial charge < -0.3 is 19.6 Å². The maximum absolute atomic E-state index is 14.0. The summed E-state index contributed by atoms with van der Waals surface area (Å²) in [6.07, 6.45) is 1.96. The lowest BCUT2D eigenvalue weighted by molar-refractivity contribution is 0.173. The lowest BCUT2D eigenvalue weighted by Gasteiger charge is -2.37. The lowest BCUT2D eigenvalue weighted by atomic mass is 10.1. The highest BCUT2D eigenvalue weighted by molar-refractivity contribution is 6.74. The summed E-state index contributed by atoms with van der Waals surface area (Å²) in [7, 11) is -2.04. The van der Waals surface area contributed by atoms with Crippen molar-refractivity contribution in [2.24, 2.45) is 0 Å². The largest absolute Gasteiger partial charge is 0.465 e. The fraction of sp³-hybridized carbons (Fsp3) is 0.375. The monoisotopic (exact) mass is 520 g/mol. The number of benzene rings is 1. The van der Waals surface area contributed by atoms with Crippen molar-refractivity contribution in [3.8, 4) is 22.9 Å². The van der Waals surface area contributed by atoms with Gasteiger partial charge in [-0.2, -0.15) is 5.10 Å². The van der Waals surface area contributed by atoms with E-state index in [1.165, 1.54) is 6.20 Å². The Labute approximate surface area is 210 Å². The van der Waals surface area contributed by atoms with Gasteiger partial charge in [-0.15, -0.1) is 0 Å². The van der Waals surface area contributed by atoms with Crippen molar-refractivity contribution in [1.82, 2.24) is 20.1 Å². The van der Waals surface area contributed by atoms with Crippen LogP contribution in [0.3, 0.4) is 0 Å². The van der Waals surface area contributed by atoms with E-state index in [0.29, 0.717) is 18.0 Å². The third-order valence-corrected chi connectivity index (χ3v) is 10.7. The zero-order valence-electron chi connectivity index (χ0n) is 20.4. The number of carbonyl (C=O) groups is 1. The molecule has 0 spiro atoms. The molecule has 0 saturated heterocycles. The number of amides is 1. The molecule has 11 heteroatoms. The molecular weight excluding hydrogens is 491 g/mol. The Morgan fingerprint density at radius 2 is 2.03 bits per heavy atom. The molecule has 1 amide bonds. The van der Waals surface area contributed by atoms with Gasteiger partial charge in [-0.1, -0.05) is 44.5 Å². The second-order valence-electron chi connectivity index (χ2n) is 9.71. The Morgan fingerprint density at radius 3 is 2.69 bits per heavy atom. The van der Waals surface area contributed by atoms with Gasteiger partial charge in [-0.05, 0) is 42.4 Å². The number of nitrogens with one attached hydrogen (secondary N) is 1. The average Bonchev–Trinajstić information content (AvgIpc) is 3.22. The van der Waals surface area contributed by atoms with Gasteiger partial charge in [0.15, 0.2) is 14.1 Å². The smallest absolute Gasteiger partial charge is 0.405 e. The molecule has 2 aromatic heterocycles. The number of ether oxygens (including phenoxy) is 1. The van der Waals surface area contributed by atoms with Crippen molar-refractivity contribution >= 4 is 26.0 Å². The van der Waals surface area contributed by atoms with Crippen molar-refractivity contribution in [3.63, 3.8) is 0 Å². The first-order valence-corrected chi connectivity index (χ1v) is 14.4. The molecule has 0 aliphatic carbocycles. The molecular formula is C24H30ClFN4O4Si. The van der Waals surface area contributed by atoms with E-state index in [0.717, 1.165) is 11.6 Å². The second kappa shape index (κ2) is 10.8. The van der Waals surface area contributed by atoms with Crippen LogP contribution in [0, 0.1) is 5.82 Å². The molecule has 3 aromatic rings. The minimum absolute atomic E-state index is 0.0111. The van der Waals surface area contributed by atoms with E-state index in [4.69, 9.17) is 20.8 Å². The minimum Gasteiger partial charge on any atom is -0.465 e. The number of pyridine rings is 1. The number of halogens is 2. The summed E-state index contributed by atoms with van der Waals surface area (Å²) < 4.78 is 27.5. The van der Waals surface area contributed by atoms with E-state index in [1.807, 2.05) is 12.1 Å². The number of rotatable bonds is 9. The van der Waals surface area contributed by atoms with Crippen LogP contribution in [0.1, 0.15) is 20.8 Å². The number of nitrogens with zero attached hydrogens (tertiary/aromatic N) is 3. The van der Waals surface area contributed by atoms with Crippen LogP contribution in [0.4, 0.5) is 9.18 Å². The zero-order chi connectivity index (χ0) is 25.8. The predicted molar refractivity (Wildman–Crippen MR) is 135 cm³/mol. The molecule has 0 radical (unpaired) electrons. The number of hydrogen-bond donors (Lipinski definition) is 2. The van der Waals surface area contributed by atoms with Gasteiger partial charge >= 0.3 is 6.09 Å². The van der Waals surface area contributed by atoms with Gasteiger partial charge in [0.2, 0.25) is 0 Å². The van der Waals surface area contributed by atoms with Crippen LogP contribution in [0.15, 0.2) is 48.8 Å². The summed E-state index contributed by atoms with van der Waals surface area (Å²) in [5, 5.41) is 16.6. The van der Waals surface area contributed by atoms with E-state index >= 15 is 0 Å². The first-order chi connectivity index (χ1) is 16.3. The predicted octanol–water partition coefficient (Wildman–Crippen LogP) is 6.19. The van der Waals surface area contributed by atoms with Crippen LogP contribution in [0.2, 0.25) is 23.2 Å². The highest BCUT2D eigenvalue weighted by atomic mass is 35.5. The zero-order valence-corrected chi connectivity index (χ0v) is 22.1. The molecule has 2 N–H and O–H groups in total. The van der Waals surface area contributed by atoms with Crippen molar-refractivity contribution in [2.45, 2.75) is 51.5 Å². The summed E-state index contributed by atoms with van der Waals surface area (Å²) in [4.78, 5) is 15.2. The van der Waals surface area contributed by atoms with Gasteiger partial charge in [-0.25, -0.2) is 14.2 Å². The summed E-state index contributed by atoms with van der Waals surface area (Å²) in [6, 6.07) is 9.48. The number of hydrogen-bond acceptors (Lipinski definition) is 5. The number of carboxylic acid groups (broad SMARTS) is 1. The maximum atomic E-state index is 14.0. The van der Waals surface area contributed by atoms with Crippen molar-refractivity contribution in [1.29, 1.82) is 0 Å². The van der Waals surface area contributed by atoms with E-state index in [9.17, 15) is 14.3 Å². The fourth-order valence-electron chi connectivity index (χ4n) is 2.99. The molecule has 1 atom stereocenters. The Morgan fingerprint density at radius 1 is 1.29 bits per heavy atom. The Balaban J connectivity index is 1.72. The van der Waals surface area contributed by atoms with Crippen molar-refractivity contribution < 1.29 is 23.5 Å². The lowest BCUT2D eigenvalue weighted by Crippen LogP contribution is -2.47. The quantitative estimate of drug-likeness (QED) is 0.326. The minimum atomic E-state index is -2.04. The Bertz CT molecular complexity index is 1180. The molecule has 0 unspecified atom stereocenters. The van der Waals surface area contributed by atoms with Crippen LogP contribution in [0.25, 0.3) is 11.3 Å². The topological polar surface area (TPSA) is 98.5 Å². The number of aromatic nitrogens is 3. The molecule has 1 aromatic carbocycles. The summed E-state index contributed by atoms with van der Waals surface area (Å²) in [5.41, 5.74) is 1.40. The summed E-state index contributed by atoms with van der Waals surface area (Å²) in [5.74, 6) is -0.454. The maximum Gasteiger partial charge on any atom is 0.405 e. The van der Waals surface area contributed by atoms with Crippen LogP contribution in [-0.4, -0.2) is 46.9 Å². The molecule has 0 bridgehead atoms. The molecule has 188 valence electrons. The highest BCUT2D eigenvalue weighted by Crippen LogP contribution is 2.36. The van der Waals surface area contributed by atoms with E-state index < -0.39 is 26.3 Å². The average molecular weight is 521 g/mol.